The lowest BCUT2D eigenvalue weighted by Gasteiger charge is -2.16. The maximum Gasteiger partial charge on any atom is 0.282 e. The zero-order chi connectivity index (χ0) is 22.8. The van der Waals surface area contributed by atoms with Crippen LogP contribution < -0.4 is 19.7 Å². The predicted molar refractivity (Wildman–Crippen MR) is 125 cm³/mol. The van der Waals surface area contributed by atoms with Crippen molar-refractivity contribution >= 4 is 28.8 Å². The maximum absolute atomic E-state index is 13.6. The number of ether oxygens (including phenoxy) is 2. The van der Waals surface area contributed by atoms with Gasteiger partial charge in [0.05, 0.1) is 31.2 Å². The standard InChI is InChI=1S/C26H24N2O4/c1-16-9-10-18(15-17(16)2)23-24(27-21-7-5-6-8-22(21)32-4)26(30)28(25(23)29)19-11-13-20(31-3)14-12-19/h5-15,27H,1-4H3. The number of hydrogen-bond donors (Lipinski definition) is 1. The summed E-state index contributed by atoms with van der Waals surface area (Å²) in [5, 5.41) is 3.16. The summed E-state index contributed by atoms with van der Waals surface area (Å²) >= 11 is 0. The molecule has 1 N–H and O–H groups in total. The maximum atomic E-state index is 13.6. The third kappa shape index (κ3) is 3.71. The van der Waals surface area contributed by atoms with Crippen LogP contribution in [0.4, 0.5) is 11.4 Å². The molecule has 6 nitrogen and oxygen atoms in total. The molecule has 3 aromatic carbocycles. The van der Waals surface area contributed by atoms with Crippen molar-refractivity contribution in [3.05, 3.63) is 89.1 Å². The molecule has 0 radical (unpaired) electrons. The highest BCUT2D eigenvalue weighted by molar-refractivity contribution is 6.46. The van der Waals surface area contributed by atoms with Crippen molar-refractivity contribution < 1.29 is 19.1 Å². The number of hydrogen-bond acceptors (Lipinski definition) is 5. The number of benzene rings is 3. The van der Waals surface area contributed by atoms with Gasteiger partial charge in [0.15, 0.2) is 0 Å². The van der Waals surface area contributed by atoms with Crippen LogP contribution in [0.3, 0.4) is 0 Å². The van der Waals surface area contributed by atoms with Gasteiger partial charge in [0.1, 0.15) is 17.2 Å². The Morgan fingerprint density at radius 2 is 1.50 bits per heavy atom. The number of carbonyl (C=O) groups excluding carboxylic acids is 2. The molecule has 6 heteroatoms. The highest BCUT2D eigenvalue weighted by atomic mass is 16.5. The largest absolute Gasteiger partial charge is 0.497 e. The smallest absolute Gasteiger partial charge is 0.282 e. The number of methoxy groups -OCH3 is 2. The Morgan fingerprint density at radius 3 is 2.16 bits per heavy atom. The van der Waals surface area contributed by atoms with Gasteiger partial charge in [-0.1, -0.05) is 30.3 Å². The molecular weight excluding hydrogens is 404 g/mol. The summed E-state index contributed by atoms with van der Waals surface area (Å²) in [7, 11) is 3.13. The third-order valence-corrected chi connectivity index (χ3v) is 5.58. The van der Waals surface area contributed by atoms with Crippen LogP contribution in [0.15, 0.2) is 72.4 Å². The van der Waals surface area contributed by atoms with Gasteiger partial charge in [0, 0.05) is 0 Å². The molecule has 2 amide bonds. The highest BCUT2D eigenvalue weighted by Gasteiger charge is 2.40. The average Bonchev–Trinajstić information content (AvgIpc) is 3.05. The molecule has 1 heterocycles. The SMILES string of the molecule is COc1ccc(N2C(=O)C(Nc3ccccc3OC)=C(c3ccc(C)c(C)c3)C2=O)cc1. The fraction of sp³-hybridized carbons (Fsp3) is 0.154. The van der Waals surface area contributed by atoms with Crippen LogP contribution in [0.2, 0.25) is 0 Å². The van der Waals surface area contributed by atoms with E-state index in [-0.39, 0.29) is 11.6 Å². The van der Waals surface area contributed by atoms with Gasteiger partial charge < -0.3 is 14.8 Å². The number of amides is 2. The lowest BCUT2D eigenvalue weighted by Crippen LogP contribution is -2.32. The fourth-order valence-electron chi connectivity index (χ4n) is 3.66. The molecular formula is C26H24N2O4. The Labute approximate surface area is 187 Å². The van der Waals surface area contributed by atoms with E-state index in [1.54, 1.807) is 50.6 Å². The first-order valence-electron chi connectivity index (χ1n) is 10.2. The number of nitrogens with zero attached hydrogens (tertiary/aromatic N) is 1. The van der Waals surface area contributed by atoms with Gasteiger partial charge in [0.25, 0.3) is 11.8 Å². The fourth-order valence-corrected chi connectivity index (χ4v) is 3.66. The molecule has 0 atom stereocenters. The number of aryl methyl sites for hydroxylation is 2. The van der Waals surface area contributed by atoms with Crippen molar-refractivity contribution in [1.82, 2.24) is 0 Å². The van der Waals surface area contributed by atoms with Crippen LogP contribution >= 0.6 is 0 Å². The minimum atomic E-state index is -0.431. The van der Waals surface area contributed by atoms with Gasteiger partial charge >= 0.3 is 0 Å². The first-order valence-corrected chi connectivity index (χ1v) is 10.2. The lowest BCUT2D eigenvalue weighted by atomic mass is 9.99. The molecule has 1 aliphatic rings. The summed E-state index contributed by atoms with van der Waals surface area (Å²) in [6.07, 6.45) is 0. The van der Waals surface area contributed by atoms with E-state index in [1.165, 1.54) is 4.90 Å². The first-order chi connectivity index (χ1) is 15.4. The van der Waals surface area contributed by atoms with Crippen LogP contribution in [0.5, 0.6) is 11.5 Å². The molecule has 3 aromatic rings. The number of nitrogens with one attached hydrogen (secondary N) is 1. The molecule has 0 fully saturated rings. The van der Waals surface area contributed by atoms with Crippen LogP contribution in [0.25, 0.3) is 5.57 Å². The van der Waals surface area contributed by atoms with Gasteiger partial charge in [0.2, 0.25) is 0 Å². The van der Waals surface area contributed by atoms with E-state index >= 15 is 0 Å². The average molecular weight is 428 g/mol. The van der Waals surface area contributed by atoms with Crippen LogP contribution in [-0.4, -0.2) is 26.0 Å². The molecule has 0 aliphatic carbocycles. The zero-order valence-corrected chi connectivity index (χ0v) is 18.4. The van der Waals surface area contributed by atoms with E-state index in [1.807, 2.05) is 44.2 Å². The first kappa shape index (κ1) is 21.2. The molecule has 0 saturated carbocycles. The molecule has 32 heavy (non-hydrogen) atoms. The second-order valence-electron chi connectivity index (χ2n) is 7.52. The molecule has 0 saturated heterocycles. The molecule has 4 rings (SSSR count). The lowest BCUT2D eigenvalue weighted by molar-refractivity contribution is -0.120. The van der Waals surface area contributed by atoms with Crippen molar-refractivity contribution in [1.29, 1.82) is 0 Å². The van der Waals surface area contributed by atoms with Crippen LogP contribution in [-0.2, 0) is 9.59 Å². The molecule has 0 unspecified atom stereocenters. The Kier molecular flexibility index (Phi) is 5.69. The number of imide groups is 1. The zero-order valence-electron chi connectivity index (χ0n) is 18.4. The normalized spacial score (nSPS) is 13.6. The van der Waals surface area contributed by atoms with E-state index in [0.717, 1.165) is 11.1 Å². The van der Waals surface area contributed by atoms with Gasteiger partial charge in [-0.3, -0.25) is 9.59 Å². The molecule has 0 aromatic heterocycles. The number of para-hydroxylation sites is 2. The van der Waals surface area contributed by atoms with Crippen molar-refractivity contribution in [3.63, 3.8) is 0 Å². The topological polar surface area (TPSA) is 67.9 Å². The molecule has 0 bridgehead atoms. The Bertz CT molecular complexity index is 1230. The van der Waals surface area contributed by atoms with E-state index < -0.39 is 5.91 Å². The number of rotatable bonds is 6. The molecule has 162 valence electrons. The second-order valence-corrected chi connectivity index (χ2v) is 7.52. The summed E-state index contributed by atoms with van der Waals surface area (Å²) in [6.45, 7) is 3.99. The van der Waals surface area contributed by atoms with Crippen LogP contribution in [0, 0.1) is 13.8 Å². The third-order valence-electron chi connectivity index (χ3n) is 5.58. The minimum Gasteiger partial charge on any atom is -0.497 e. The van der Waals surface area contributed by atoms with E-state index in [0.29, 0.717) is 34.0 Å². The quantitative estimate of drug-likeness (QED) is 0.576. The Morgan fingerprint density at radius 1 is 0.781 bits per heavy atom. The highest BCUT2D eigenvalue weighted by Crippen LogP contribution is 2.36. The Balaban J connectivity index is 1.84. The Hall–Kier alpha value is -4.06. The van der Waals surface area contributed by atoms with Crippen molar-refractivity contribution in [2.45, 2.75) is 13.8 Å². The van der Waals surface area contributed by atoms with Gasteiger partial charge in [-0.25, -0.2) is 4.90 Å². The summed E-state index contributed by atoms with van der Waals surface area (Å²) in [5.41, 5.74) is 4.42. The summed E-state index contributed by atoms with van der Waals surface area (Å²) in [6, 6.07) is 19.8. The van der Waals surface area contributed by atoms with Crippen molar-refractivity contribution in [2.75, 3.05) is 24.4 Å². The van der Waals surface area contributed by atoms with Crippen LogP contribution in [0.1, 0.15) is 16.7 Å². The summed E-state index contributed by atoms with van der Waals surface area (Å²) in [5.74, 6) is 0.394. The van der Waals surface area contributed by atoms with Gasteiger partial charge in [-0.2, -0.15) is 0 Å². The second kappa shape index (κ2) is 8.59. The minimum absolute atomic E-state index is 0.207. The number of anilines is 2. The number of carbonyl (C=O) groups is 2. The van der Waals surface area contributed by atoms with E-state index in [4.69, 9.17) is 9.47 Å². The predicted octanol–water partition coefficient (Wildman–Crippen LogP) is 4.72. The van der Waals surface area contributed by atoms with Crippen molar-refractivity contribution in [3.8, 4) is 11.5 Å². The summed E-state index contributed by atoms with van der Waals surface area (Å²) < 4.78 is 10.6. The molecule has 0 spiro atoms. The van der Waals surface area contributed by atoms with E-state index in [2.05, 4.69) is 5.32 Å². The van der Waals surface area contributed by atoms with Gasteiger partial charge in [-0.05, 0) is 66.9 Å². The molecule has 1 aliphatic heterocycles. The van der Waals surface area contributed by atoms with Gasteiger partial charge in [-0.15, -0.1) is 0 Å². The monoisotopic (exact) mass is 428 g/mol. The van der Waals surface area contributed by atoms with Crippen molar-refractivity contribution in [2.24, 2.45) is 0 Å². The van der Waals surface area contributed by atoms with E-state index in [9.17, 15) is 9.59 Å². The summed E-state index contributed by atoms with van der Waals surface area (Å²) in [4.78, 5) is 28.3.